The van der Waals surface area contributed by atoms with Crippen LogP contribution in [-0.2, 0) is 21.4 Å². The number of hydrogen-bond acceptors (Lipinski definition) is 5. The third-order valence-corrected chi connectivity index (χ3v) is 6.93. The smallest absolute Gasteiger partial charge is 0.283 e. The first-order valence-corrected chi connectivity index (χ1v) is 9.93. The molecule has 1 saturated carbocycles. The fraction of sp³-hybridized carbons (Fsp3) is 0.478. The molecular weight excluding hydrogens is 350 g/mol. The number of rotatable bonds is 2. The second kappa shape index (κ2) is 6.31. The van der Waals surface area contributed by atoms with Gasteiger partial charge in [-0.15, -0.1) is 0 Å². The van der Waals surface area contributed by atoms with E-state index >= 15 is 0 Å². The van der Waals surface area contributed by atoms with E-state index in [-0.39, 0.29) is 12.1 Å². The van der Waals surface area contributed by atoms with E-state index in [0.29, 0.717) is 5.92 Å². The van der Waals surface area contributed by atoms with Crippen LogP contribution in [0.25, 0.3) is 11.1 Å². The Bertz CT molecular complexity index is 1010. The zero-order valence-corrected chi connectivity index (χ0v) is 16.3. The number of aliphatic imine (C=N–C) groups is 1. The first-order valence-electron chi connectivity index (χ1n) is 10.9. The Balaban J connectivity index is 1.70. The Labute approximate surface area is 168 Å². The van der Waals surface area contributed by atoms with Gasteiger partial charge >= 0.3 is 0 Å². The van der Waals surface area contributed by atoms with Gasteiger partial charge in [-0.25, -0.2) is 4.99 Å². The van der Waals surface area contributed by atoms with Crippen LogP contribution in [0.15, 0.2) is 47.7 Å². The summed E-state index contributed by atoms with van der Waals surface area (Å²) in [6, 6.07) is 10.1. The van der Waals surface area contributed by atoms with Gasteiger partial charge in [-0.3, -0.25) is 4.98 Å². The predicted octanol–water partition coefficient (Wildman–Crippen LogP) is 3.67. The van der Waals surface area contributed by atoms with Gasteiger partial charge in [0.15, 0.2) is 0 Å². The van der Waals surface area contributed by atoms with Crippen LogP contribution < -0.4 is 5.73 Å². The monoisotopic (exact) mass is 379 g/mol. The lowest BCUT2D eigenvalue weighted by Gasteiger charge is -2.47. The summed E-state index contributed by atoms with van der Waals surface area (Å²) in [5, 5.41) is 0. The van der Waals surface area contributed by atoms with E-state index in [4.69, 9.17) is 22.9 Å². The molecule has 0 saturated heterocycles. The Morgan fingerprint density at radius 1 is 1.32 bits per heavy atom. The van der Waals surface area contributed by atoms with Crippen LogP contribution >= 0.6 is 0 Å². The highest BCUT2D eigenvalue weighted by atomic mass is 16.5. The normalized spacial score (nSPS) is 36.6. The van der Waals surface area contributed by atoms with E-state index in [1.165, 1.54) is 0 Å². The molecule has 2 aromatic rings. The number of methoxy groups -OCH3 is 1. The van der Waals surface area contributed by atoms with Gasteiger partial charge in [0, 0.05) is 24.9 Å². The lowest BCUT2D eigenvalue weighted by molar-refractivity contribution is -0.0445. The SMILES string of the molecule is [2H]C1([2H])OC(N)=N[C@@]12c1cc(-c3cccnc3)ccc1C[C@]21CC[C@@H](OC)[C@H](C)C1. The molecule has 0 unspecified atom stereocenters. The number of nitrogens with two attached hydrogens (primary N) is 1. The summed E-state index contributed by atoms with van der Waals surface area (Å²) in [6.07, 6.45) is 7.00. The third kappa shape index (κ3) is 2.42. The van der Waals surface area contributed by atoms with Crippen molar-refractivity contribution < 1.29 is 12.2 Å². The maximum atomic E-state index is 8.90. The molecular formula is C23H27N3O2. The third-order valence-electron chi connectivity index (χ3n) is 6.93. The summed E-state index contributed by atoms with van der Waals surface area (Å²) in [7, 11) is 1.76. The number of pyridine rings is 1. The number of hydrogen-bond donors (Lipinski definition) is 1. The van der Waals surface area contributed by atoms with Crippen LogP contribution in [0.1, 0.15) is 40.1 Å². The van der Waals surface area contributed by atoms with Gasteiger partial charge in [0.1, 0.15) is 12.1 Å². The molecule has 1 aromatic heterocycles. The van der Waals surface area contributed by atoms with Crippen molar-refractivity contribution in [3.63, 3.8) is 0 Å². The minimum absolute atomic E-state index is 0.0690. The zero-order valence-electron chi connectivity index (χ0n) is 18.3. The Morgan fingerprint density at radius 3 is 2.89 bits per heavy atom. The van der Waals surface area contributed by atoms with E-state index < -0.39 is 17.5 Å². The van der Waals surface area contributed by atoms with Gasteiger partial charge in [-0.1, -0.05) is 25.1 Å². The van der Waals surface area contributed by atoms with Crippen molar-refractivity contribution in [2.24, 2.45) is 22.1 Å². The van der Waals surface area contributed by atoms with Gasteiger partial charge in [-0.05, 0) is 66.0 Å². The molecule has 5 heteroatoms. The molecule has 1 aliphatic heterocycles. The lowest BCUT2D eigenvalue weighted by atomic mass is 9.59. The summed E-state index contributed by atoms with van der Waals surface area (Å²) in [5.41, 5.74) is 8.43. The molecule has 146 valence electrons. The van der Waals surface area contributed by atoms with Crippen LogP contribution in [0.3, 0.4) is 0 Å². The van der Waals surface area contributed by atoms with Crippen molar-refractivity contribution in [3.8, 4) is 11.1 Å². The highest BCUT2D eigenvalue weighted by molar-refractivity contribution is 5.76. The van der Waals surface area contributed by atoms with Crippen LogP contribution in [0, 0.1) is 11.3 Å². The summed E-state index contributed by atoms with van der Waals surface area (Å²) in [5.74, 6) is 0.292. The molecule has 0 bridgehead atoms. The number of aromatic nitrogens is 1. The summed E-state index contributed by atoms with van der Waals surface area (Å²) >= 11 is 0. The number of nitrogens with zero attached hydrogens (tertiary/aromatic N) is 2. The largest absolute Gasteiger partial charge is 0.462 e. The molecule has 0 amide bonds. The van der Waals surface area contributed by atoms with E-state index in [2.05, 4.69) is 30.1 Å². The van der Waals surface area contributed by atoms with E-state index in [1.54, 1.807) is 13.3 Å². The average Bonchev–Trinajstić information content (AvgIpc) is 3.13. The molecule has 1 aromatic carbocycles. The molecule has 2 N–H and O–H groups in total. The van der Waals surface area contributed by atoms with Gasteiger partial charge in [0.05, 0.1) is 8.85 Å². The van der Waals surface area contributed by atoms with E-state index in [9.17, 15) is 0 Å². The average molecular weight is 380 g/mol. The molecule has 1 fully saturated rings. The number of benzene rings is 1. The maximum absolute atomic E-state index is 8.90. The van der Waals surface area contributed by atoms with E-state index in [0.717, 1.165) is 47.9 Å². The molecule has 4 atom stereocenters. The molecule has 3 aliphatic rings. The standard InChI is InChI=1S/C23H27N3O2/c1-15-11-22(8-7-20(15)27-2)12-17-6-5-16(18-4-3-9-25-13-18)10-19(17)23(22)14-28-21(24)26-23/h3-6,9-10,13,15,20H,7-8,11-12,14H2,1-2H3,(H2,24,26)/t15-,20-,22-,23-/m1/s1/i14D2. The van der Waals surface area contributed by atoms with Gasteiger partial charge in [0.25, 0.3) is 6.02 Å². The first-order chi connectivity index (χ1) is 14.3. The van der Waals surface area contributed by atoms with Crippen molar-refractivity contribution in [2.75, 3.05) is 13.7 Å². The molecule has 0 radical (unpaired) electrons. The Hall–Kier alpha value is -2.40. The van der Waals surface area contributed by atoms with Crippen molar-refractivity contribution in [2.45, 2.75) is 44.2 Å². The molecule has 2 spiro atoms. The number of amidine groups is 1. The Morgan fingerprint density at radius 2 is 2.21 bits per heavy atom. The second-order valence-electron chi connectivity index (χ2n) is 8.43. The molecule has 2 heterocycles. The highest BCUT2D eigenvalue weighted by Crippen LogP contribution is 2.62. The van der Waals surface area contributed by atoms with Gasteiger partial charge in [-0.2, -0.15) is 0 Å². The van der Waals surface area contributed by atoms with Crippen molar-refractivity contribution >= 4 is 6.02 Å². The summed E-state index contributed by atoms with van der Waals surface area (Å²) in [4.78, 5) is 8.99. The predicted molar refractivity (Wildman–Crippen MR) is 109 cm³/mol. The minimum atomic E-state index is -2.02. The lowest BCUT2D eigenvalue weighted by Crippen LogP contribution is -2.48. The number of ether oxygens (including phenoxy) is 2. The van der Waals surface area contributed by atoms with E-state index in [1.807, 2.05) is 18.3 Å². The molecule has 5 nitrogen and oxygen atoms in total. The first kappa shape index (κ1) is 15.5. The van der Waals surface area contributed by atoms with Crippen LogP contribution in [-0.4, -0.2) is 30.8 Å². The zero-order chi connectivity index (χ0) is 21.1. The molecule has 5 rings (SSSR count). The Kier molecular flexibility index (Phi) is 3.50. The van der Waals surface area contributed by atoms with Crippen LogP contribution in [0.2, 0.25) is 0 Å². The van der Waals surface area contributed by atoms with Crippen LogP contribution in [0.4, 0.5) is 0 Å². The number of fused-ring (bicyclic) bond motifs is 3. The topological polar surface area (TPSA) is 69.7 Å². The fourth-order valence-electron chi connectivity index (χ4n) is 5.63. The van der Waals surface area contributed by atoms with Crippen molar-refractivity contribution in [3.05, 3.63) is 53.9 Å². The van der Waals surface area contributed by atoms with Crippen molar-refractivity contribution in [1.29, 1.82) is 0 Å². The summed E-state index contributed by atoms with van der Waals surface area (Å²) in [6.45, 7) is 0.167. The summed E-state index contributed by atoms with van der Waals surface area (Å²) < 4.78 is 29.0. The highest BCUT2D eigenvalue weighted by Gasteiger charge is 2.62. The van der Waals surface area contributed by atoms with Crippen molar-refractivity contribution in [1.82, 2.24) is 4.98 Å². The fourth-order valence-corrected chi connectivity index (χ4v) is 5.63. The maximum Gasteiger partial charge on any atom is 0.283 e. The van der Waals surface area contributed by atoms with Gasteiger partial charge < -0.3 is 15.2 Å². The molecule has 28 heavy (non-hydrogen) atoms. The van der Waals surface area contributed by atoms with Gasteiger partial charge in [0.2, 0.25) is 0 Å². The quantitative estimate of drug-likeness (QED) is 0.864. The molecule has 2 aliphatic carbocycles. The minimum Gasteiger partial charge on any atom is -0.462 e. The second-order valence-corrected chi connectivity index (χ2v) is 8.43. The van der Waals surface area contributed by atoms with Crippen LogP contribution in [0.5, 0.6) is 0 Å².